The normalized spacial score (nSPS) is 13.1. The summed E-state index contributed by atoms with van der Waals surface area (Å²) in [4.78, 5) is 0. The molecule has 10 heteroatoms. The molecule has 0 saturated heterocycles. The van der Waals surface area contributed by atoms with Gasteiger partial charge in [0, 0.05) is 0 Å². The molecule has 0 fully saturated rings. The van der Waals surface area contributed by atoms with Crippen LogP contribution in [0.15, 0.2) is 0 Å². The summed E-state index contributed by atoms with van der Waals surface area (Å²) >= 11 is -2.67. The molecule has 0 aromatic carbocycles. The third kappa shape index (κ3) is 3.72. The molecule has 0 spiro atoms. The molecule has 0 rings (SSSR count). The van der Waals surface area contributed by atoms with Crippen LogP contribution in [0.1, 0.15) is 0 Å². The summed E-state index contributed by atoms with van der Waals surface area (Å²) in [7, 11) is -10.8. The van der Waals surface area contributed by atoms with Crippen molar-refractivity contribution in [2.24, 2.45) is 0 Å². The molecule has 0 heterocycles. The van der Waals surface area contributed by atoms with E-state index in [1.807, 2.05) is 0 Å². The molecule has 0 aliphatic rings. The maximum absolute atomic E-state index is 11.9. The molecule has 0 unspecified atom stereocenters. The van der Waals surface area contributed by atoms with Crippen LogP contribution in [0.2, 0.25) is 4.43 Å². The Morgan fingerprint density at radius 2 is 1.36 bits per heavy atom. The van der Waals surface area contributed by atoms with Gasteiger partial charge in [0.2, 0.25) is 0 Å². The van der Waals surface area contributed by atoms with Gasteiger partial charge >= 0.3 is 76.2 Å². The summed E-state index contributed by atoms with van der Waals surface area (Å²) < 4.78 is 63.9. The van der Waals surface area contributed by atoms with Crippen LogP contribution in [0, 0.1) is 0 Å². The third-order valence-corrected chi connectivity index (χ3v) is 16.5. The van der Waals surface area contributed by atoms with E-state index in [1.165, 1.54) is 4.43 Å². The van der Waals surface area contributed by atoms with Crippen LogP contribution >= 0.6 is 0 Å². The first-order valence-electron chi connectivity index (χ1n) is 2.36. The average Bonchev–Trinajstić information content (AvgIpc) is 1.56. The minimum absolute atomic E-state index is 0.667. The summed E-state index contributed by atoms with van der Waals surface area (Å²) in [5, 5.41) is 0. The van der Waals surface area contributed by atoms with Crippen molar-refractivity contribution >= 4 is 20.8 Å². The van der Waals surface area contributed by atoms with Gasteiger partial charge in [0.25, 0.3) is 0 Å². The molecule has 0 saturated carbocycles. The number of hydrogen-bond acceptors (Lipinski definition) is 4. The van der Waals surface area contributed by atoms with Crippen molar-refractivity contribution < 1.29 is 49.5 Å². The standard InChI is InChI=1S/CH3.F2NO4S2.Hg/c;1-8(4,5)3-9(2,6)7;/h1H3;;/q;-1;+1. The van der Waals surface area contributed by atoms with E-state index in [2.05, 4.69) is 0 Å². The summed E-state index contributed by atoms with van der Waals surface area (Å²) in [5.41, 5.74) is 0. The molecule has 0 N–H and O–H groups in total. The van der Waals surface area contributed by atoms with E-state index in [-0.39, 0.29) is 0 Å². The Hall–Kier alpha value is 0.655. The van der Waals surface area contributed by atoms with Crippen LogP contribution in [0.3, 0.4) is 0 Å². The van der Waals surface area contributed by atoms with Gasteiger partial charge in [-0.2, -0.15) is 0 Å². The second-order valence-corrected chi connectivity index (χ2v) is 12.7. The van der Waals surface area contributed by atoms with Crippen molar-refractivity contribution in [3.63, 3.8) is 0 Å². The van der Waals surface area contributed by atoms with Crippen LogP contribution in [0.4, 0.5) is 7.77 Å². The third-order valence-electron chi connectivity index (χ3n) is 0.745. The molecule has 0 aliphatic carbocycles. The van der Waals surface area contributed by atoms with Gasteiger partial charge in [-0.3, -0.25) is 0 Å². The number of rotatable bonds is 3. The summed E-state index contributed by atoms with van der Waals surface area (Å²) in [6.07, 6.45) is 0. The Balaban J connectivity index is 5.05. The predicted octanol–water partition coefficient (Wildman–Crippen LogP) is -0.237. The Morgan fingerprint density at radius 1 is 1.09 bits per heavy atom. The summed E-state index contributed by atoms with van der Waals surface area (Å²) in [5.74, 6) is 0. The molecule has 64 valence electrons. The van der Waals surface area contributed by atoms with Crippen LogP contribution < -0.4 is 0 Å². The number of halogens is 2. The van der Waals surface area contributed by atoms with Crippen LogP contribution in [-0.2, 0) is 45.7 Å². The fraction of sp³-hybridized carbons (Fsp3) is 1.00. The topological polar surface area (TPSA) is 71.5 Å². The molecule has 5 nitrogen and oxygen atoms in total. The van der Waals surface area contributed by atoms with Gasteiger partial charge in [0.05, 0.1) is 0 Å². The quantitative estimate of drug-likeness (QED) is 0.488. The van der Waals surface area contributed by atoms with E-state index in [0.717, 1.165) is 0 Å². The molecule has 0 radical (unpaired) electrons. The zero-order valence-corrected chi connectivity index (χ0v) is 12.5. The van der Waals surface area contributed by atoms with Gasteiger partial charge in [-0.05, 0) is 0 Å². The predicted molar refractivity (Wildman–Crippen MR) is 27.8 cm³/mol. The molecular formula is CH3F2HgNO4S2. The fourth-order valence-electron chi connectivity index (χ4n) is 0.415. The van der Waals surface area contributed by atoms with Crippen molar-refractivity contribution in [2.75, 3.05) is 0 Å². The second-order valence-electron chi connectivity index (χ2n) is 1.47. The molecule has 0 aromatic heterocycles. The molecular weight excluding hydrogens is 393 g/mol. The van der Waals surface area contributed by atoms with E-state index in [1.54, 1.807) is 0 Å². The zero-order valence-electron chi connectivity index (χ0n) is 5.36. The maximum atomic E-state index is 11.9. The zero-order chi connectivity index (χ0) is 9.28. The van der Waals surface area contributed by atoms with E-state index in [4.69, 9.17) is 0 Å². The van der Waals surface area contributed by atoms with Crippen molar-refractivity contribution in [3.05, 3.63) is 0 Å². The fourth-order valence-corrected chi connectivity index (χ4v) is 9.08. The molecule has 0 aromatic rings. The van der Waals surface area contributed by atoms with Crippen molar-refractivity contribution in [1.29, 1.82) is 0 Å². The average molecular weight is 396 g/mol. The van der Waals surface area contributed by atoms with Gasteiger partial charge in [-0.15, -0.1) is 0 Å². The number of hydrogen-bond donors (Lipinski definition) is 0. The van der Waals surface area contributed by atoms with Crippen molar-refractivity contribution in [2.45, 2.75) is 4.43 Å². The van der Waals surface area contributed by atoms with Gasteiger partial charge in [0.15, 0.2) is 0 Å². The molecule has 0 bridgehead atoms. The Labute approximate surface area is 75.9 Å². The molecule has 0 aliphatic heterocycles. The van der Waals surface area contributed by atoms with Gasteiger partial charge in [-0.1, -0.05) is 0 Å². The minimum atomic E-state index is -5.40. The first kappa shape index (κ1) is 11.7. The monoisotopic (exact) mass is 397 g/mol. The van der Waals surface area contributed by atoms with Crippen LogP contribution in [-0.4, -0.2) is 18.3 Å². The van der Waals surface area contributed by atoms with Crippen LogP contribution in [0.5, 0.6) is 0 Å². The Morgan fingerprint density at radius 3 is 1.36 bits per heavy atom. The Bertz CT molecular complexity index is 288. The van der Waals surface area contributed by atoms with Crippen LogP contribution in [0.25, 0.3) is 0 Å². The molecule has 0 atom stereocenters. The van der Waals surface area contributed by atoms with Gasteiger partial charge in [-0.25, -0.2) is 0 Å². The van der Waals surface area contributed by atoms with Gasteiger partial charge < -0.3 is 0 Å². The van der Waals surface area contributed by atoms with Crippen molar-refractivity contribution in [3.8, 4) is 0 Å². The van der Waals surface area contributed by atoms with Gasteiger partial charge in [0.1, 0.15) is 0 Å². The Kier molecular flexibility index (Phi) is 3.79. The first-order chi connectivity index (χ1) is 4.69. The van der Waals surface area contributed by atoms with E-state index in [9.17, 15) is 24.6 Å². The van der Waals surface area contributed by atoms with E-state index >= 15 is 0 Å². The van der Waals surface area contributed by atoms with E-state index in [0.29, 0.717) is 0 Å². The second kappa shape index (κ2) is 3.58. The van der Waals surface area contributed by atoms with E-state index < -0.39 is 47.2 Å². The first-order valence-corrected chi connectivity index (χ1v) is 13.0. The SMILES string of the molecule is [CH3][Hg][N](S(=O)(=O)F)S(=O)(=O)F. The molecule has 0 amide bonds. The van der Waals surface area contributed by atoms with Crippen molar-refractivity contribution in [1.82, 2.24) is 1.47 Å². The number of nitrogens with zero attached hydrogens (tertiary/aromatic N) is 1. The summed E-state index contributed by atoms with van der Waals surface area (Å²) in [6, 6.07) is 0. The molecule has 11 heavy (non-hydrogen) atoms. The summed E-state index contributed by atoms with van der Waals surface area (Å²) in [6.45, 7) is 0.